The molecule has 2 aliphatic heterocycles. The fraction of sp³-hybridized carbons (Fsp3) is 0.519. The van der Waals surface area contributed by atoms with E-state index in [-0.39, 0.29) is 5.82 Å². The van der Waals surface area contributed by atoms with Gasteiger partial charge in [-0.05, 0) is 56.9 Å². The highest BCUT2D eigenvalue weighted by atomic mass is 19.1. The lowest BCUT2D eigenvalue weighted by Crippen LogP contribution is -2.37. The third-order valence-electron chi connectivity index (χ3n) is 5.81. The molecule has 0 radical (unpaired) electrons. The fourth-order valence-corrected chi connectivity index (χ4v) is 4.04. The van der Waals surface area contributed by atoms with E-state index in [0.29, 0.717) is 18.4 Å². The van der Waals surface area contributed by atoms with Gasteiger partial charge in [-0.2, -0.15) is 0 Å². The number of allylic oxidation sites excluding steroid dienone is 3. The van der Waals surface area contributed by atoms with E-state index in [4.69, 9.17) is 4.99 Å². The van der Waals surface area contributed by atoms with E-state index in [1.165, 1.54) is 29.3 Å². The second-order valence-electron chi connectivity index (χ2n) is 8.46. The van der Waals surface area contributed by atoms with Gasteiger partial charge in [-0.15, -0.1) is 0 Å². The largest absolute Gasteiger partial charge is 0.375 e. The summed E-state index contributed by atoms with van der Waals surface area (Å²) < 4.78 is 13.2. The van der Waals surface area contributed by atoms with Crippen LogP contribution in [0.25, 0.3) is 0 Å². The highest BCUT2D eigenvalue weighted by Crippen LogP contribution is 2.26. The van der Waals surface area contributed by atoms with Crippen LogP contribution in [0.5, 0.6) is 0 Å². The summed E-state index contributed by atoms with van der Waals surface area (Å²) >= 11 is 0. The minimum absolute atomic E-state index is 0.234. The van der Waals surface area contributed by atoms with Gasteiger partial charge in [0.1, 0.15) is 5.82 Å². The zero-order valence-corrected chi connectivity index (χ0v) is 20.7. The number of hydrogen-bond donors (Lipinski definition) is 0. The standard InChI is InChI=1S/C25H33FN4.C2H6/c1-6-22(15-23(17(2)3)28-18(4)5)30-13-11-19(12-14-30)24-16-27-25(29-24)20-7-9-21(26)10-8-20;1-2/h6-10,17,19H,4,11-16H2,1-3,5H3;1-2H3/b22-6+,28-23?;. The van der Waals surface area contributed by atoms with Gasteiger partial charge in [-0.3, -0.25) is 9.98 Å². The number of benzene rings is 1. The molecular weight excluding hydrogens is 399 g/mol. The molecule has 0 saturated carbocycles. The number of amidine groups is 1. The van der Waals surface area contributed by atoms with Gasteiger partial charge in [0, 0.05) is 53.8 Å². The first-order valence-corrected chi connectivity index (χ1v) is 11.9. The van der Waals surface area contributed by atoms with Crippen LogP contribution in [0.1, 0.15) is 66.4 Å². The van der Waals surface area contributed by atoms with Gasteiger partial charge < -0.3 is 4.90 Å². The third kappa shape index (κ3) is 6.98. The molecule has 2 aliphatic rings. The molecule has 0 aromatic heterocycles. The zero-order valence-electron chi connectivity index (χ0n) is 20.7. The Morgan fingerprint density at radius 3 is 2.38 bits per heavy atom. The lowest BCUT2D eigenvalue weighted by molar-refractivity contribution is 0.256. The van der Waals surface area contributed by atoms with Crippen molar-refractivity contribution >= 4 is 17.3 Å². The van der Waals surface area contributed by atoms with E-state index < -0.39 is 0 Å². The van der Waals surface area contributed by atoms with Crippen molar-refractivity contribution in [3.8, 4) is 0 Å². The highest BCUT2D eigenvalue weighted by molar-refractivity contribution is 6.12. The Hall–Kier alpha value is -2.56. The number of piperidine rings is 1. The van der Waals surface area contributed by atoms with Crippen molar-refractivity contribution in [2.45, 2.75) is 60.8 Å². The smallest absolute Gasteiger partial charge is 0.154 e. The predicted octanol–water partition coefficient (Wildman–Crippen LogP) is 6.69. The first-order chi connectivity index (χ1) is 15.4. The van der Waals surface area contributed by atoms with Gasteiger partial charge in [0.2, 0.25) is 0 Å². The Kier molecular flexibility index (Phi) is 10.0. The van der Waals surface area contributed by atoms with E-state index in [1.54, 1.807) is 12.1 Å². The molecule has 1 aromatic rings. The molecule has 0 spiro atoms. The topological polar surface area (TPSA) is 40.3 Å². The van der Waals surface area contributed by atoms with Gasteiger partial charge in [0.15, 0.2) is 5.84 Å². The Balaban J connectivity index is 0.00000176. The summed E-state index contributed by atoms with van der Waals surface area (Å²) in [5.41, 5.74) is 5.46. The molecule has 32 heavy (non-hydrogen) atoms. The summed E-state index contributed by atoms with van der Waals surface area (Å²) in [6, 6.07) is 6.43. The van der Waals surface area contributed by atoms with Crippen molar-refractivity contribution in [2.24, 2.45) is 26.8 Å². The second kappa shape index (κ2) is 12.5. The van der Waals surface area contributed by atoms with Gasteiger partial charge >= 0.3 is 0 Å². The number of nitrogens with zero attached hydrogens (tertiary/aromatic N) is 4. The molecular formula is C27H39FN4. The van der Waals surface area contributed by atoms with E-state index in [2.05, 4.69) is 48.3 Å². The van der Waals surface area contributed by atoms with E-state index in [1.807, 2.05) is 20.8 Å². The molecule has 5 heteroatoms. The number of rotatable bonds is 7. The summed E-state index contributed by atoms with van der Waals surface area (Å²) in [5.74, 6) is 1.38. The lowest BCUT2D eigenvalue weighted by Gasteiger charge is -2.35. The Morgan fingerprint density at radius 1 is 1.22 bits per heavy atom. The summed E-state index contributed by atoms with van der Waals surface area (Å²) in [7, 11) is 0. The molecule has 0 N–H and O–H groups in total. The Labute approximate surface area is 193 Å². The minimum atomic E-state index is -0.234. The van der Waals surface area contributed by atoms with Gasteiger partial charge in [-0.1, -0.05) is 40.3 Å². The van der Waals surface area contributed by atoms with Crippen molar-refractivity contribution < 1.29 is 4.39 Å². The van der Waals surface area contributed by atoms with Gasteiger partial charge in [0.25, 0.3) is 0 Å². The molecule has 2 heterocycles. The molecule has 4 nitrogen and oxygen atoms in total. The molecule has 0 atom stereocenters. The maximum atomic E-state index is 13.2. The molecule has 1 saturated heterocycles. The molecule has 0 amide bonds. The van der Waals surface area contributed by atoms with Crippen LogP contribution in [0.4, 0.5) is 4.39 Å². The molecule has 0 unspecified atom stereocenters. The van der Waals surface area contributed by atoms with Crippen molar-refractivity contribution in [3.05, 3.63) is 59.7 Å². The molecule has 174 valence electrons. The third-order valence-corrected chi connectivity index (χ3v) is 5.81. The number of hydrogen-bond acceptors (Lipinski definition) is 4. The first kappa shape index (κ1) is 25.7. The van der Waals surface area contributed by atoms with E-state index >= 15 is 0 Å². The fourth-order valence-electron chi connectivity index (χ4n) is 4.04. The summed E-state index contributed by atoms with van der Waals surface area (Å²) in [5, 5.41) is 0. The van der Waals surface area contributed by atoms with Crippen molar-refractivity contribution in [3.63, 3.8) is 0 Å². The van der Waals surface area contributed by atoms with Gasteiger partial charge in [-0.25, -0.2) is 9.38 Å². The van der Waals surface area contributed by atoms with Crippen LogP contribution in [0.3, 0.4) is 0 Å². The highest BCUT2D eigenvalue weighted by Gasteiger charge is 2.27. The summed E-state index contributed by atoms with van der Waals surface area (Å²) in [6.45, 7) is 19.1. The number of aliphatic imine (C=N–C) groups is 3. The molecule has 0 aliphatic carbocycles. The normalized spacial score (nSPS) is 17.7. The van der Waals surface area contributed by atoms with Crippen LogP contribution in [-0.2, 0) is 0 Å². The number of halogens is 1. The SMILES string of the molecule is C=C(C)N=C(C/C(=C\C)N1CCC(C2=NC(c3ccc(F)cc3)=NC2)CC1)C(C)C.CC. The van der Waals surface area contributed by atoms with E-state index in [9.17, 15) is 4.39 Å². The van der Waals surface area contributed by atoms with Crippen LogP contribution < -0.4 is 0 Å². The molecule has 3 rings (SSSR count). The monoisotopic (exact) mass is 438 g/mol. The molecule has 0 bridgehead atoms. The Bertz CT molecular complexity index is 883. The van der Waals surface area contributed by atoms with Crippen LogP contribution in [-0.4, -0.2) is 41.8 Å². The zero-order chi connectivity index (χ0) is 23.7. The maximum Gasteiger partial charge on any atom is 0.154 e. The first-order valence-electron chi connectivity index (χ1n) is 11.9. The summed E-state index contributed by atoms with van der Waals surface area (Å²) in [6.07, 6.45) is 5.26. The average molecular weight is 439 g/mol. The summed E-state index contributed by atoms with van der Waals surface area (Å²) in [4.78, 5) is 16.5. The van der Waals surface area contributed by atoms with Crippen LogP contribution in [0.15, 0.2) is 63.3 Å². The predicted molar refractivity (Wildman–Crippen MR) is 136 cm³/mol. The van der Waals surface area contributed by atoms with E-state index in [0.717, 1.165) is 49.4 Å². The van der Waals surface area contributed by atoms with Gasteiger partial charge in [0.05, 0.1) is 6.54 Å². The quantitative estimate of drug-likeness (QED) is 0.437. The van der Waals surface area contributed by atoms with Crippen LogP contribution >= 0.6 is 0 Å². The van der Waals surface area contributed by atoms with Crippen molar-refractivity contribution in [1.82, 2.24) is 4.90 Å². The lowest BCUT2D eigenvalue weighted by atomic mass is 9.91. The second-order valence-corrected chi connectivity index (χ2v) is 8.46. The van der Waals surface area contributed by atoms with Crippen molar-refractivity contribution in [1.29, 1.82) is 0 Å². The van der Waals surface area contributed by atoms with Crippen LogP contribution in [0, 0.1) is 17.7 Å². The molecule has 1 aromatic carbocycles. The average Bonchev–Trinajstić information content (AvgIpc) is 3.28. The molecule has 1 fully saturated rings. The van der Waals surface area contributed by atoms with Crippen molar-refractivity contribution in [2.75, 3.05) is 19.6 Å². The maximum absolute atomic E-state index is 13.2. The minimum Gasteiger partial charge on any atom is -0.375 e. The van der Waals surface area contributed by atoms with Crippen LogP contribution in [0.2, 0.25) is 0 Å². The number of likely N-dealkylation sites (tertiary alicyclic amines) is 1. The Morgan fingerprint density at radius 2 is 1.84 bits per heavy atom.